The first kappa shape index (κ1) is 15.0. The maximum atomic E-state index is 3.46. The number of hydrogen-bond acceptors (Lipinski definition) is 2. The summed E-state index contributed by atoms with van der Waals surface area (Å²) in [5.41, 5.74) is 2.67. The van der Waals surface area contributed by atoms with Gasteiger partial charge in [0.05, 0.1) is 0 Å². The van der Waals surface area contributed by atoms with Crippen molar-refractivity contribution < 1.29 is 0 Å². The van der Waals surface area contributed by atoms with E-state index in [1.54, 1.807) is 0 Å². The highest BCUT2D eigenvalue weighted by atomic mass is 15.1. The second-order valence-corrected chi connectivity index (χ2v) is 5.46. The smallest absolute Gasteiger partial charge is 0.0364 e. The van der Waals surface area contributed by atoms with Gasteiger partial charge in [0.15, 0.2) is 0 Å². The molecule has 0 aliphatic heterocycles. The molecule has 0 aliphatic rings. The highest BCUT2D eigenvalue weighted by Crippen LogP contribution is 2.26. The second kappa shape index (κ2) is 7.42. The molecular formula is C16H28N2. The third-order valence-electron chi connectivity index (χ3n) is 3.56. The minimum atomic E-state index is 0.464. The summed E-state index contributed by atoms with van der Waals surface area (Å²) in [6.07, 6.45) is 3.79. The second-order valence-electron chi connectivity index (χ2n) is 5.46. The van der Waals surface area contributed by atoms with Gasteiger partial charge in [-0.2, -0.15) is 0 Å². The van der Waals surface area contributed by atoms with E-state index in [9.17, 15) is 0 Å². The molecule has 0 saturated heterocycles. The Balaban J connectivity index is 2.78. The summed E-state index contributed by atoms with van der Waals surface area (Å²) >= 11 is 0. The molecule has 1 aromatic carbocycles. The molecule has 18 heavy (non-hydrogen) atoms. The van der Waals surface area contributed by atoms with Gasteiger partial charge < -0.3 is 10.2 Å². The Labute approximate surface area is 112 Å². The van der Waals surface area contributed by atoms with Crippen LogP contribution < -0.4 is 10.2 Å². The standard InChI is InChI=1S/C16H28N2/c1-6-8-13(2)11-16(17-3)14-9-7-10-15(12-14)18(4)5/h7,9-10,12-13,16-17H,6,8,11H2,1-5H3. The minimum Gasteiger partial charge on any atom is -0.378 e. The molecule has 0 aliphatic carbocycles. The van der Waals surface area contributed by atoms with Gasteiger partial charge in [-0.3, -0.25) is 0 Å². The highest BCUT2D eigenvalue weighted by molar-refractivity contribution is 5.47. The van der Waals surface area contributed by atoms with Crippen LogP contribution in [0.1, 0.15) is 44.7 Å². The van der Waals surface area contributed by atoms with Crippen LogP contribution in [0.3, 0.4) is 0 Å². The average molecular weight is 248 g/mol. The topological polar surface area (TPSA) is 15.3 Å². The zero-order chi connectivity index (χ0) is 13.5. The Morgan fingerprint density at radius 1 is 1.28 bits per heavy atom. The number of anilines is 1. The normalized spacial score (nSPS) is 14.3. The van der Waals surface area contributed by atoms with Crippen LogP contribution in [0.25, 0.3) is 0 Å². The molecule has 1 aromatic rings. The van der Waals surface area contributed by atoms with Crippen molar-refractivity contribution in [3.63, 3.8) is 0 Å². The summed E-state index contributed by atoms with van der Waals surface area (Å²) in [4.78, 5) is 2.16. The monoisotopic (exact) mass is 248 g/mol. The summed E-state index contributed by atoms with van der Waals surface area (Å²) in [5.74, 6) is 0.774. The number of rotatable bonds is 7. The summed E-state index contributed by atoms with van der Waals surface area (Å²) in [7, 11) is 6.24. The van der Waals surface area contributed by atoms with Crippen molar-refractivity contribution in [2.75, 3.05) is 26.0 Å². The van der Waals surface area contributed by atoms with E-state index in [1.807, 2.05) is 0 Å². The molecule has 0 fully saturated rings. The van der Waals surface area contributed by atoms with E-state index in [4.69, 9.17) is 0 Å². The minimum absolute atomic E-state index is 0.464. The molecule has 0 radical (unpaired) electrons. The molecule has 2 nitrogen and oxygen atoms in total. The molecular weight excluding hydrogens is 220 g/mol. The third-order valence-corrected chi connectivity index (χ3v) is 3.56. The van der Waals surface area contributed by atoms with Crippen LogP contribution in [-0.4, -0.2) is 21.1 Å². The summed E-state index contributed by atoms with van der Waals surface area (Å²) in [6.45, 7) is 4.61. The van der Waals surface area contributed by atoms with Crippen LogP contribution >= 0.6 is 0 Å². The molecule has 0 saturated carbocycles. The maximum absolute atomic E-state index is 3.46. The predicted molar refractivity (Wildman–Crippen MR) is 81.3 cm³/mol. The maximum Gasteiger partial charge on any atom is 0.0364 e. The molecule has 0 amide bonds. The lowest BCUT2D eigenvalue weighted by atomic mass is 9.93. The Hall–Kier alpha value is -1.02. The van der Waals surface area contributed by atoms with Gasteiger partial charge in [0.2, 0.25) is 0 Å². The highest BCUT2D eigenvalue weighted by Gasteiger charge is 2.13. The third kappa shape index (κ3) is 4.34. The van der Waals surface area contributed by atoms with Gasteiger partial charge in [0.25, 0.3) is 0 Å². The molecule has 2 unspecified atom stereocenters. The summed E-state index contributed by atoms with van der Waals surface area (Å²) < 4.78 is 0. The van der Waals surface area contributed by atoms with Crippen LogP contribution in [-0.2, 0) is 0 Å². The lowest BCUT2D eigenvalue weighted by Crippen LogP contribution is -2.19. The van der Waals surface area contributed by atoms with Gasteiger partial charge in [-0.05, 0) is 37.1 Å². The zero-order valence-electron chi connectivity index (χ0n) is 12.5. The Kier molecular flexibility index (Phi) is 6.20. The number of nitrogens with one attached hydrogen (secondary N) is 1. The van der Waals surface area contributed by atoms with Crippen molar-refractivity contribution >= 4 is 5.69 Å². The van der Waals surface area contributed by atoms with E-state index in [0.717, 1.165) is 5.92 Å². The van der Waals surface area contributed by atoms with Crippen LogP contribution in [0.15, 0.2) is 24.3 Å². The predicted octanol–water partition coefficient (Wildman–Crippen LogP) is 3.84. The zero-order valence-corrected chi connectivity index (χ0v) is 12.5. The molecule has 0 aromatic heterocycles. The largest absolute Gasteiger partial charge is 0.378 e. The lowest BCUT2D eigenvalue weighted by molar-refractivity contribution is 0.407. The van der Waals surface area contributed by atoms with E-state index >= 15 is 0 Å². The molecule has 1 rings (SSSR count). The van der Waals surface area contributed by atoms with Crippen LogP contribution in [0.5, 0.6) is 0 Å². The van der Waals surface area contributed by atoms with Crippen LogP contribution in [0.2, 0.25) is 0 Å². The first-order chi connectivity index (χ1) is 8.58. The quantitative estimate of drug-likeness (QED) is 0.788. The fourth-order valence-electron chi connectivity index (χ4n) is 2.45. The molecule has 2 heteroatoms. The van der Waals surface area contributed by atoms with Crippen molar-refractivity contribution in [3.05, 3.63) is 29.8 Å². The van der Waals surface area contributed by atoms with Gasteiger partial charge in [-0.25, -0.2) is 0 Å². The Bertz CT molecular complexity index is 347. The van der Waals surface area contributed by atoms with Gasteiger partial charge in [0.1, 0.15) is 0 Å². The molecule has 2 atom stereocenters. The number of benzene rings is 1. The Morgan fingerprint density at radius 3 is 2.56 bits per heavy atom. The number of nitrogens with zero attached hydrogens (tertiary/aromatic N) is 1. The van der Waals surface area contributed by atoms with E-state index in [1.165, 1.54) is 30.5 Å². The van der Waals surface area contributed by atoms with Crippen LogP contribution in [0.4, 0.5) is 5.69 Å². The number of hydrogen-bond donors (Lipinski definition) is 1. The van der Waals surface area contributed by atoms with Crippen molar-refractivity contribution in [2.45, 2.75) is 39.2 Å². The van der Waals surface area contributed by atoms with Gasteiger partial charge in [-0.15, -0.1) is 0 Å². The fraction of sp³-hybridized carbons (Fsp3) is 0.625. The van der Waals surface area contributed by atoms with Crippen LogP contribution in [0, 0.1) is 5.92 Å². The molecule has 0 bridgehead atoms. The van der Waals surface area contributed by atoms with E-state index in [-0.39, 0.29) is 0 Å². The van der Waals surface area contributed by atoms with Gasteiger partial charge in [-0.1, -0.05) is 38.8 Å². The first-order valence-corrected chi connectivity index (χ1v) is 7.03. The SMILES string of the molecule is CCCC(C)CC(NC)c1cccc(N(C)C)c1. The average Bonchev–Trinajstić information content (AvgIpc) is 2.36. The Morgan fingerprint density at radius 2 is 2.00 bits per heavy atom. The van der Waals surface area contributed by atoms with Crippen molar-refractivity contribution in [2.24, 2.45) is 5.92 Å². The van der Waals surface area contributed by atoms with Crippen molar-refractivity contribution in [3.8, 4) is 0 Å². The van der Waals surface area contributed by atoms with Gasteiger partial charge >= 0.3 is 0 Å². The van der Waals surface area contributed by atoms with Crippen molar-refractivity contribution in [1.29, 1.82) is 0 Å². The summed E-state index contributed by atoms with van der Waals surface area (Å²) in [6, 6.07) is 9.30. The van der Waals surface area contributed by atoms with E-state index in [2.05, 4.69) is 69.5 Å². The summed E-state index contributed by atoms with van der Waals surface area (Å²) in [5, 5.41) is 3.46. The molecule has 0 heterocycles. The van der Waals surface area contributed by atoms with E-state index in [0.29, 0.717) is 6.04 Å². The van der Waals surface area contributed by atoms with E-state index < -0.39 is 0 Å². The fourth-order valence-corrected chi connectivity index (χ4v) is 2.45. The van der Waals surface area contributed by atoms with Crippen molar-refractivity contribution in [1.82, 2.24) is 5.32 Å². The molecule has 1 N–H and O–H groups in total. The lowest BCUT2D eigenvalue weighted by Gasteiger charge is -2.22. The first-order valence-electron chi connectivity index (χ1n) is 7.03. The van der Waals surface area contributed by atoms with Gasteiger partial charge in [0, 0.05) is 25.8 Å². The molecule has 102 valence electrons. The molecule has 0 spiro atoms.